The van der Waals surface area contributed by atoms with E-state index in [1.54, 1.807) is 7.11 Å². The van der Waals surface area contributed by atoms with Gasteiger partial charge in [-0.3, -0.25) is 4.68 Å². The van der Waals surface area contributed by atoms with E-state index in [1.807, 2.05) is 35.0 Å². The molecule has 2 rings (SSSR count). The lowest BCUT2D eigenvalue weighted by molar-refractivity contribution is 0.182. The van der Waals surface area contributed by atoms with E-state index in [1.165, 1.54) is 0 Å². The fourth-order valence-electron chi connectivity index (χ4n) is 2.23. The van der Waals surface area contributed by atoms with Crippen molar-refractivity contribution in [2.24, 2.45) is 7.05 Å². The van der Waals surface area contributed by atoms with Crippen molar-refractivity contribution in [3.8, 4) is 0 Å². The summed E-state index contributed by atoms with van der Waals surface area (Å²) in [5.74, 6) is 0. The maximum Gasteiger partial charge on any atom is 0.0949 e. The molecule has 0 radical (unpaired) electrons. The van der Waals surface area contributed by atoms with Crippen LogP contribution in [0.5, 0.6) is 0 Å². The first-order valence-electron chi connectivity index (χ1n) is 7.08. The number of ether oxygens (including phenoxy) is 1. The smallest absolute Gasteiger partial charge is 0.0949 e. The second-order valence-electron chi connectivity index (χ2n) is 4.94. The second-order valence-corrected chi connectivity index (χ2v) is 5.80. The largest absolute Gasteiger partial charge is 0.383 e. The van der Waals surface area contributed by atoms with Gasteiger partial charge in [0.1, 0.15) is 0 Å². The highest BCUT2D eigenvalue weighted by Gasteiger charge is 2.23. The van der Waals surface area contributed by atoms with Crippen molar-refractivity contribution >= 4 is 15.9 Å². The Bertz CT molecular complexity index is 565. The number of aromatic nitrogens is 4. The van der Waals surface area contributed by atoms with Gasteiger partial charge in [-0.25, -0.2) is 4.98 Å². The summed E-state index contributed by atoms with van der Waals surface area (Å²) in [6.45, 7) is 4.42. The SMILES string of the molecule is CCCNC(c1cn(C)cn1)c1c(Br)cnn1CCOC. The topological polar surface area (TPSA) is 56.9 Å². The first-order chi connectivity index (χ1) is 10.2. The lowest BCUT2D eigenvalue weighted by Crippen LogP contribution is -2.27. The van der Waals surface area contributed by atoms with Gasteiger partial charge in [0.2, 0.25) is 0 Å². The molecule has 0 aliphatic heterocycles. The lowest BCUT2D eigenvalue weighted by Gasteiger charge is -2.19. The van der Waals surface area contributed by atoms with Crippen LogP contribution < -0.4 is 5.32 Å². The Morgan fingerprint density at radius 3 is 2.90 bits per heavy atom. The predicted octanol–water partition coefficient (Wildman–Crippen LogP) is 2.11. The highest BCUT2D eigenvalue weighted by molar-refractivity contribution is 9.10. The van der Waals surface area contributed by atoms with Crippen LogP contribution >= 0.6 is 15.9 Å². The summed E-state index contributed by atoms with van der Waals surface area (Å²) in [6.07, 6.45) is 6.74. The average Bonchev–Trinajstić information content (AvgIpc) is 3.05. The number of nitrogens with one attached hydrogen (secondary N) is 1. The molecule has 0 aliphatic carbocycles. The molecule has 0 bridgehead atoms. The van der Waals surface area contributed by atoms with Gasteiger partial charge in [-0.05, 0) is 28.9 Å². The van der Waals surface area contributed by atoms with Crippen LogP contribution in [0.1, 0.15) is 30.8 Å². The van der Waals surface area contributed by atoms with E-state index in [2.05, 4.69) is 38.3 Å². The molecule has 116 valence electrons. The van der Waals surface area contributed by atoms with Gasteiger partial charge in [0.05, 0.1) is 47.6 Å². The van der Waals surface area contributed by atoms with E-state index in [0.717, 1.165) is 28.8 Å². The zero-order valence-electron chi connectivity index (χ0n) is 12.7. The lowest BCUT2D eigenvalue weighted by atomic mass is 10.1. The van der Waals surface area contributed by atoms with Crippen LogP contribution in [0.4, 0.5) is 0 Å². The third-order valence-corrected chi connectivity index (χ3v) is 3.84. The fraction of sp³-hybridized carbons (Fsp3) is 0.571. The Morgan fingerprint density at radius 2 is 2.29 bits per heavy atom. The second kappa shape index (κ2) is 7.72. The Labute approximate surface area is 133 Å². The molecule has 1 atom stereocenters. The van der Waals surface area contributed by atoms with Gasteiger partial charge in [0, 0.05) is 20.4 Å². The van der Waals surface area contributed by atoms with Gasteiger partial charge in [-0.1, -0.05) is 6.92 Å². The number of methoxy groups -OCH3 is 1. The first-order valence-corrected chi connectivity index (χ1v) is 7.88. The van der Waals surface area contributed by atoms with Crippen LogP contribution in [-0.4, -0.2) is 39.6 Å². The van der Waals surface area contributed by atoms with Crippen LogP contribution in [0.25, 0.3) is 0 Å². The normalized spacial score (nSPS) is 12.8. The molecule has 7 heteroatoms. The van der Waals surface area contributed by atoms with E-state index in [4.69, 9.17) is 4.74 Å². The summed E-state index contributed by atoms with van der Waals surface area (Å²) in [6, 6.07) is 0.0138. The molecule has 2 aromatic heterocycles. The zero-order valence-corrected chi connectivity index (χ0v) is 14.3. The minimum Gasteiger partial charge on any atom is -0.383 e. The van der Waals surface area contributed by atoms with Crippen molar-refractivity contribution in [3.63, 3.8) is 0 Å². The molecule has 0 fully saturated rings. The molecule has 0 aromatic carbocycles. The van der Waals surface area contributed by atoms with Gasteiger partial charge in [-0.15, -0.1) is 0 Å². The van der Waals surface area contributed by atoms with Crippen LogP contribution in [0.2, 0.25) is 0 Å². The van der Waals surface area contributed by atoms with Crippen molar-refractivity contribution in [1.82, 2.24) is 24.6 Å². The maximum atomic E-state index is 5.16. The summed E-state index contributed by atoms with van der Waals surface area (Å²) in [4.78, 5) is 4.49. The molecule has 0 saturated carbocycles. The van der Waals surface area contributed by atoms with Crippen LogP contribution in [0.3, 0.4) is 0 Å². The molecule has 0 amide bonds. The summed E-state index contributed by atoms with van der Waals surface area (Å²) in [7, 11) is 3.68. The Hall–Kier alpha value is -1.18. The molecular weight excluding hydrogens is 334 g/mol. The van der Waals surface area contributed by atoms with E-state index < -0.39 is 0 Å². The van der Waals surface area contributed by atoms with Gasteiger partial charge in [0.15, 0.2) is 0 Å². The molecule has 2 heterocycles. The number of hydrogen-bond donors (Lipinski definition) is 1. The summed E-state index contributed by atoms with van der Waals surface area (Å²) in [5.41, 5.74) is 2.07. The summed E-state index contributed by atoms with van der Waals surface area (Å²) in [5, 5.41) is 7.98. The Balaban J connectivity index is 2.33. The number of rotatable bonds is 8. The Kier molecular flexibility index (Phi) is 5.96. The van der Waals surface area contributed by atoms with E-state index in [9.17, 15) is 0 Å². The number of nitrogens with zero attached hydrogens (tertiary/aromatic N) is 4. The van der Waals surface area contributed by atoms with Crippen LogP contribution in [-0.2, 0) is 18.3 Å². The van der Waals surface area contributed by atoms with Crippen LogP contribution in [0.15, 0.2) is 23.2 Å². The zero-order chi connectivity index (χ0) is 15.2. The Morgan fingerprint density at radius 1 is 1.48 bits per heavy atom. The average molecular weight is 356 g/mol. The minimum absolute atomic E-state index is 0.0138. The summed E-state index contributed by atoms with van der Waals surface area (Å²) >= 11 is 3.61. The van der Waals surface area contributed by atoms with E-state index >= 15 is 0 Å². The molecular formula is C14H22BrN5O. The van der Waals surface area contributed by atoms with Gasteiger partial charge >= 0.3 is 0 Å². The van der Waals surface area contributed by atoms with E-state index in [-0.39, 0.29) is 6.04 Å². The monoisotopic (exact) mass is 355 g/mol. The van der Waals surface area contributed by atoms with E-state index in [0.29, 0.717) is 13.2 Å². The number of halogens is 1. The van der Waals surface area contributed by atoms with Crippen LogP contribution in [0, 0.1) is 0 Å². The number of imidazole rings is 1. The third-order valence-electron chi connectivity index (χ3n) is 3.23. The number of aryl methyl sites for hydroxylation is 1. The minimum atomic E-state index is 0.0138. The van der Waals surface area contributed by atoms with Crippen molar-refractivity contribution in [2.75, 3.05) is 20.3 Å². The molecule has 1 N–H and O–H groups in total. The molecule has 6 nitrogen and oxygen atoms in total. The molecule has 21 heavy (non-hydrogen) atoms. The van der Waals surface area contributed by atoms with Crippen molar-refractivity contribution < 1.29 is 4.74 Å². The predicted molar refractivity (Wildman–Crippen MR) is 85.1 cm³/mol. The molecule has 0 saturated heterocycles. The van der Waals surface area contributed by atoms with Crippen molar-refractivity contribution in [1.29, 1.82) is 0 Å². The number of hydrogen-bond acceptors (Lipinski definition) is 4. The molecule has 1 unspecified atom stereocenters. The highest BCUT2D eigenvalue weighted by Crippen LogP contribution is 2.27. The van der Waals surface area contributed by atoms with Gasteiger partial charge < -0.3 is 14.6 Å². The van der Waals surface area contributed by atoms with Crippen molar-refractivity contribution in [3.05, 3.63) is 34.6 Å². The summed E-state index contributed by atoms with van der Waals surface area (Å²) < 4.78 is 10.1. The third kappa shape index (κ3) is 3.93. The van der Waals surface area contributed by atoms with Gasteiger partial charge in [-0.2, -0.15) is 5.10 Å². The highest BCUT2D eigenvalue weighted by atomic mass is 79.9. The quantitative estimate of drug-likeness (QED) is 0.787. The first kappa shape index (κ1) is 16.2. The molecule has 2 aromatic rings. The van der Waals surface area contributed by atoms with Crippen molar-refractivity contribution in [2.45, 2.75) is 25.9 Å². The standard InChI is InChI=1S/C14H22BrN5O/c1-4-5-16-13(12-9-19(2)10-17-12)14-11(15)8-18-20(14)6-7-21-3/h8-10,13,16H,4-7H2,1-3H3. The fourth-order valence-corrected chi connectivity index (χ4v) is 2.75. The molecule has 0 spiro atoms. The maximum absolute atomic E-state index is 5.16. The van der Waals surface area contributed by atoms with Gasteiger partial charge in [0.25, 0.3) is 0 Å². The molecule has 0 aliphatic rings.